The lowest BCUT2D eigenvalue weighted by Crippen LogP contribution is -2.34. The number of halogens is 1. The molecule has 1 fully saturated rings. The van der Waals surface area contributed by atoms with Crippen LogP contribution in [0.1, 0.15) is 38.2 Å². The van der Waals surface area contributed by atoms with Crippen molar-refractivity contribution in [2.75, 3.05) is 12.3 Å². The smallest absolute Gasteiger partial charge is 0.246 e. The SMILES string of the molecule is CCCCN(C1CC1)S(=O)(=O)c1cc(N)cc(C)c1F. The molecule has 0 radical (unpaired) electrons. The maximum absolute atomic E-state index is 14.2. The summed E-state index contributed by atoms with van der Waals surface area (Å²) in [4.78, 5) is -0.294. The largest absolute Gasteiger partial charge is 0.399 e. The minimum Gasteiger partial charge on any atom is -0.399 e. The van der Waals surface area contributed by atoms with E-state index in [-0.39, 0.29) is 22.2 Å². The predicted octanol–water partition coefficient (Wildman–Crippen LogP) is 2.67. The molecule has 0 bridgehead atoms. The molecule has 112 valence electrons. The number of unbranched alkanes of at least 4 members (excludes halogenated alkanes) is 1. The van der Waals surface area contributed by atoms with E-state index in [1.54, 1.807) is 0 Å². The summed E-state index contributed by atoms with van der Waals surface area (Å²) in [6, 6.07) is 2.69. The van der Waals surface area contributed by atoms with Gasteiger partial charge in [-0.05, 0) is 43.9 Å². The lowest BCUT2D eigenvalue weighted by molar-refractivity contribution is 0.392. The Balaban J connectivity index is 2.42. The quantitative estimate of drug-likeness (QED) is 0.822. The van der Waals surface area contributed by atoms with Gasteiger partial charge in [-0.3, -0.25) is 0 Å². The highest BCUT2D eigenvalue weighted by Crippen LogP contribution is 2.34. The predicted molar refractivity (Wildman–Crippen MR) is 77.4 cm³/mol. The van der Waals surface area contributed by atoms with Gasteiger partial charge in [0.15, 0.2) is 0 Å². The molecule has 1 aliphatic carbocycles. The van der Waals surface area contributed by atoms with Crippen molar-refractivity contribution in [1.29, 1.82) is 0 Å². The van der Waals surface area contributed by atoms with Gasteiger partial charge in [0.25, 0.3) is 0 Å². The Kier molecular flexibility index (Phi) is 4.34. The Hall–Kier alpha value is -1.14. The number of benzene rings is 1. The first-order valence-corrected chi connectivity index (χ1v) is 8.39. The first kappa shape index (κ1) is 15.3. The van der Waals surface area contributed by atoms with Gasteiger partial charge in [0, 0.05) is 18.3 Å². The minimum absolute atomic E-state index is 0.0210. The second-order valence-corrected chi connectivity index (χ2v) is 7.21. The molecule has 1 aliphatic rings. The van der Waals surface area contributed by atoms with Gasteiger partial charge in [0.2, 0.25) is 10.0 Å². The molecule has 1 aromatic rings. The Morgan fingerprint density at radius 2 is 2.05 bits per heavy atom. The molecule has 0 aliphatic heterocycles. The van der Waals surface area contributed by atoms with E-state index >= 15 is 0 Å². The zero-order valence-electron chi connectivity index (χ0n) is 11.9. The summed E-state index contributed by atoms with van der Waals surface area (Å²) in [5.74, 6) is -0.693. The molecule has 0 saturated heterocycles. The highest BCUT2D eigenvalue weighted by atomic mass is 32.2. The van der Waals surface area contributed by atoms with E-state index in [4.69, 9.17) is 5.73 Å². The molecular weight excluding hydrogens is 279 g/mol. The molecule has 0 atom stereocenters. The van der Waals surface area contributed by atoms with Gasteiger partial charge in [-0.15, -0.1) is 0 Å². The summed E-state index contributed by atoms with van der Waals surface area (Å²) in [5.41, 5.74) is 6.20. The maximum atomic E-state index is 14.2. The lowest BCUT2D eigenvalue weighted by Gasteiger charge is -2.22. The zero-order chi connectivity index (χ0) is 14.9. The van der Waals surface area contributed by atoms with Crippen molar-refractivity contribution in [3.63, 3.8) is 0 Å². The second kappa shape index (κ2) is 5.69. The van der Waals surface area contributed by atoms with Gasteiger partial charge in [-0.25, -0.2) is 12.8 Å². The van der Waals surface area contributed by atoms with Crippen LogP contribution in [-0.4, -0.2) is 25.3 Å². The first-order chi connectivity index (χ1) is 9.37. The second-order valence-electron chi connectivity index (χ2n) is 5.35. The number of nitrogen functional groups attached to an aromatic ring is 1. The molecule has 6 heteroatoms. The van der Waals surface area contributed by atoms with Crippen LogP contribution in [0.5, 0.6) is 0 Å². The van der Waals surface area contributed by atoms with Crippen LogP contribution in [0, 0.1) is 12.7 Å². The molecule has 0 heterocycles. The van der Waals surface area contributed by atoms with Crippen molar-refractivity contribution < 1.29 is 12.8 Å². The van der Waals surface area contributed by atoms with Crippen LogP contribution >= 0.6 is 0 Å². The molecule has 0 unspecified atom stereocenters. The number of sulfonamides is 1. The Morgan fingerprint density at radius 1 is 1.40 bits per heavy atom. The molecule has 2 N–H and O–H groups in total. The Labute approximate surface area is 119 Å². The van der Waals surface area contributed by atoms with Gasteiger partial charge in [0.1, 0.15) is 10.7 Å². The molecule has 1 saturated carbocycles. The lowest BCUT2D eigenvalue weighted by atomic mass is 10.2. The van der Waals surface area contributed by atoms with Gasteiger partial charge < -0.3 is 5.73 Å². The van der Waals surface area contributed by atoms with E-state index in [0.29, 0.717) is 6.54 Å². The minimum atomic E-state index is -3.81. The summed E-state index contributed by atoms with van der Waals surface area (Å²) in [5, 5.41) is 0. The van der Waals surface area contributed by atoms with Crippen LogP contribution in [0.4, 0.5) is 10.1 Å². The number of nitrogens with zero attached hydrogens (tertiary/aromatic N) is 1. The van der Waals surface area contributed by atoms with Gasteiger partial charge in [-0.1, -0.05) is 13.3 Å². The Bertz CT molecular complexity index is 597. The van der Waals surface area contributed by atoms with Crippen LogP contribution in [0.2, 0.25) is 0 Å². The van der Waals surface area contributed by atoms with Crippen LogP contribution < -0.4 is 5.73 Å². The van der Waals surface area contributed by atoms with Gasteiger partial charge in [-0.2, -0.15) is 4.31 Å². The van der Waals surface area contributed by atoms with E-state index in [1.807, 2.05) is 6.92 Å². The summed E-state index contributed by atoms with van der Waals surface area (Å²) >= 11 is 0. The third-order valence-electron chi connectivity index (χ3n) is 3.52. The van der Waals surface area contributed by atoms with E-state index in [0.717, 1.165) is 25.7 Å². The number of nitrogens with two attached hydrogens (primary N) is 1. The van der Waals surface area contributed by atoms with E-state index in [2.05, 4.69) is 0 Å². The average Bonchev–Trinajstić information content (AvgIpc) is 3.18. The number of hydrogen-bond acceptors (Lipinski definition) is 3. The summed E-state index contributed by atoms with van der Waals surface area (Å²) < 4.78 is 41.0. The van der Waals surface area contributed by atoms with Crippen molar-refractivity contribution in [2.24, 2.45) is 0 Å². The fourth-order valence-corrected chi connectivity index (χ4v) is 4.15. The third-order valence-corrected chi connectivity index (χ3v) is 5.47. The molecule has 0 aromatic heterocycles. The highest BCUT2D eigenvalue weighted by Gasteiger charge is 2.39. The monoisotopic (exact) mass is 300 g/mol. The first-order valence-electron chi connectivity index (χ1n) is 6.95. The molecular formula is C14H21FN2O2S. The molecule has 0 spiro atoms. The van der Waals surface area contributed by atoms with E-state index in [1.165, 1.54) is 23.4 Å². The fraction of sp³-hybridized carbons (Fsp3) is 0.571. The summed E-state index contributed by atoms with van der Waals surface area (Å²) in [7, 11) is -3.81. The number of rotatable bonds is 6. The molecule has 4 nitrogen and oxygen atoms in total. The van der Waals surface area contributed by atoms with Crippen molar-refractivity contribution >= 4 is 15.7 Å². The van der Waals surface area contributed by atoms with Crippen LogP contribution in [0.3, 0.4) is 0 Å². The van der Waals surface area contributed by atoms with Crippen molar-refractivity contribution in [2.45, 2.75) is 50.5 Å². The van der Waals surface area contributed by atoms with Gasteiger partial charge >= 0.3 is 0 Å². The zero-order valence-corrected chi connectivity index (χ0v) is 12.7. The van der Waals surface area contributed by atoms with Gasteiger partial charge in [0.05, 0.1) is 0 Å². The van der Waals surface area contributed by atoms with E-state index in [9.17, 15) is 12.8 Å². The van der Waals surface area contributed by atoms with Crippen LogP contribution in [0.25, 0.3) is 0 Å². The summed E-state index contributed by atoms with van der Waals surface area (Å²) in [6.07, 6.45) is 3.38. The number of hydrogen-bond donors (Lipinski definition) is 1. The molecule has 20 heavy (non-hydrogen) atoms. The third kappa shape index (κ3) is 2.96. The van der Waals surface area contributed by atoms with Crippen LogP contribution in [-0.2, 0) is 10.0 Å². The summed E-state index contributed by atoms with van der Waals surface area (Å²) in [6.45, 7) is 3.97. The normalized spacial score (nSPS) is 15.8. The van der Waals surface area contributed by atoms with Crippen molar-refractivity contribution in [1.82, 2.24) is 4.31 Å². The fourth-order valence-electron chi connectivity index (χ4n) is 2.25. The average molecular weight is 300 g/mol. The van der Waals surface area contributed by atoms with E-state index < -0.39 is 15.8 Å². The molecule has 1 aromatic carbocycles. The topological polar surface area (TPSA) is 63.4 Å². The standard InChI is InChI=1S/C14H21FN2O2S/c1-3-4-7-17(12-5-6-12)20(18,19)13-9-11(16)8-10(2)14(13)15/h8-9,12H,3-7,16H2,1-2H3. The molecule has 2 rings (SSSR count). The number of aryl methyl sites for hydroxylation is 1. The maximum Gasteiger partial charge on any atom is 0.246 e. The Morgan fingerprint density at radius 3 is 2.60 bits per heavy atom. The number of anilines is 1. The van der Waals surface area contributed by atoms with Crippen molar-refractivity contribution in [3.8, 4) is 0 Å². The van der Waals surface area contributed by atoms with Crippen molar-refractivity contribution in [3.05, 3.63) is 23.5 Å². The highest BCUT2D eigenvalue weighted by molar-refractivity contribution is 7.89. The van der Waals surface area contributed by atoms with Crippen LogP contribution in [0.15, 0.2) is 17.0 Å². The molecule has 0 amide bonds.